The standard InChI is InChI=1S/C14H16O5S/c1-9-11(15)3-5-14(9)20(16,17)10-2-4-12-13(8-10)19-7-6-18-12/h2,4,8-9,14H,3,5-7H2,1H3. The number of Topliss-reactive ketones (excluding diaryl/α,β-unsaturated/α-hetero) is 1. The fourth-order valence-electron chi connectivity index (χ4n) is 2.77. The highest BCUT2D eigenvalue weighted by molar-refractivity contribution is 7.92. The Hall–Kier alpha value is -1.56. The van der Waals surface area contributed by atoms with Gasteiger partial charge in [0.25, 0.3) is 0 Å². The molecule has 2 unspecified atom stereocenters. The van der Waals surface area contributed by atoms with Crippen molar-refractivity contribution in [2.24, 2.45) is 5.92 Å². The Labute approximate surface area is 117 Å². The van der Waals surface area contributed by atoms with Crippen molar-refractivity contribution in [1.29, 1.82) is 0 Å². The van der Waals surface area contributed by atoms with Crippen LogP contribution in [0.1, 0.15) is 19.8 Å². The molecule has 108 valence electrons. The van der Waals surface area contributed by atoms with Gasteiger partial charge in [0.15, 0.2) is 21.3 Å². The van der Waals surface area contributed by atoms with Crippen molar-refractivity contribution < 1.29 is 22.7 Å². The van der Waals surface area contributed by atoms with Crippen molar-refractivity contribution in [1.82, 2.24) is 0 Å². The summed E-state index contributed by atoms with van der Waals surface area (Å²) in [6, 6.07) is 4.64. The number of hydrogen-bond acceptors (Lipinski definition) is 5. The Morgan fingerprint density at radius 2 is 1.85 bits per heavy atom. The average molecular weight is 296 g/mol. The van der Waals surface area contributed by atoms with Gasteiger partial charge in [0.1, 0.15) is 19.0 Å². The summed E-state index contributed by atoms with van der Waals surface area (Å²) in [4.78, 5) is 11.8. The van der Waals surface area contributed by atoms with Crippen LogP contribution in [-0.4, -0.2) is 32.7 Å². The molecule has 3 rings (SSSR count). The number of hydrogen-bond donors (Lipinski definition) is 0. The van der Waals surface area contributed by atoms with Crippen LogP contribution in [0.15, 0.2) is 23.1 Å². The summed E-state index contributed by atoms with van der Waals surface area (Å²) in [6.45, 7) is 2.57. The lowest BCUT2D eigenvalue weighted by atomic mass is 10.1. The zero-order valence-corrected chi connectivity index (χ0v) is 12.0. The predicted octanol–water partition coefficient (Wildman–Crippen LogP) is 1.60. The molecular weight excluding hydrogens is 280 g/mol. The molecule has 1 aliphatic heterocycles. The van der Waals surface area contributed by atoms with E-state index in [4.69, 9.17) is 9.47 Å². The van der Waals surface area contributed by atoms with Crippen molar-refractivity contribution in [3.8, 4) is 11.5 Å². The predicted molar refractivity (Wildman–Crippen MR) is 71.8 cm³/mol. The van der Waals surface area contributed by atoms with E-state index < -0.39 is 21.0 Å². The topological polar surface area (TPSA) is 69.7 Å². The van der Waals surface area contributed by atoms with Crippen LogP contribution in [0.2, 0.25) is 0 Å². The third kappa shape index (κ3) is 2.08. The van der Waals surface area contributed by atoms with E-state index in [0.29, 0.717) is 37.6 Å². The summed E-state index contributed by atoms with van der Waals surface area (Å²) in [5.74, 6) is 0.601. The average Bonchev–Trinajstić information content (AvgIpc) is 2.79. The van der Waals surface area contributed by atoms with Crippen LogP contribution in [-0.2, 0) is 14.6 Å². The molecule has 0 amide bonds. The molecular formula is C14H16O5S. The van der Waals surface area contributed by atoms with Gasteiger partial charge in [0.05, 0.1) is 10.1 Å². The van der Waals surface area contributed by atoms with Gasteiger partial charge >= 0.3 is 0 Å². The highest BCUT2D eigenvalue weighted by Gasteiger charge is 2.41. The quantitative estimate of drug-likeness (QED) is 0.829. The van der Waals surface area contributed by atoms with Crippen LogP contribution < -0.4 is 9.47 Å². The molecule has 0 bridgehead atoms. The van der Waals surface area contributed by atoms with Gasteiger partial charge in [-0.05, 0) is 18.6 Å². The summed E-state index contributed by atoms with van der Waals surface area (Å²) >= 11 is 0. The highest BCUT2D eigenvalue weighted by atomic mass is 32.2. The first kappa shape index (κ1) is 13.4. The second-order valence-electron chi connectivity index (χ2n) is 5.18. The molecule has 2 atom stereocenters. The van der Waals surface area contributed by atoms with Crippen molar-refractivity contribution in [3.05, 3.63) is 18.2 Å². The summed E-state index contributed by atoms with van der Waals surface area (Å²) < 4.78 is 36.0. The third-order valence-electron chi connectivity index (χ3n) is 3.98. The first-order valence-electron chi connectivity index (χ1n) is 6.66. The molecule has 1 heterocycles. The minimum absolute atomic E-state index is 0.0242. The molecule has 0 aromatic heterocycles. The number of benzene rings is 1. The Morgan fingerprint density at radius 3 is 2.50 bits per heavy atom. The molecule has 0 saturated heterocycles. The third-order valence-corrected chi connectivity index (χ3v) is 6.33. The van der Waals surface area contributed by atoms with E-state index in [1.54, 1.807) is 13.0 Å². The molecule has 0 radical (unpaired) electrons. The van der Waals surface area contributed by atoms with E-state index >= 15 is 0 Å². The fourth-order valence-corrected chi connectivity index (χ4v) is 4.76. The molecule has 20 heavy (non-hydrogen) atoms. The van der Waals surface area contributed by atoms with E-state index in [0.717, 1.165) is 0 Å². The SMILES string of the molecule is CC1C(=O)CCC1S(=O)(=O)c1ccc2c(c1)OCCO2. The molecule has 0 N–H and O–H groups in total. The maximum Gasteiger partial charge on any atom is 0.182 e. The molecule has 1 fully saturated rings. The minimum Gasteiger partial charge on any atom is -0.486 e. The fraction of sp³-hybridized carbons (Fsp3) is 0.500. The molecule has 6 heteroatoms. The van der Waals surface area contributed by atoms with E-state index in [1.165, 1.54) is 12.1 Å². The Balaban J connectivity index is 1.97. The Kier molecular flexibility index (Phi) is 3.20. The van der Waals surface area contributed by atoms with Crippen molar-refractivity contribution in [2.45, 2.75) is 29.9 Å². The van der Waals surface area contributed by atoms with Crippen LogP contribution in [0, 0.1) is 5.92 Å². The minimum atomic E-state index is -3.51. The van der Waals surface area contributed by atoms with Crippen molar-refractivity contribution in [2.75, 3.05) is 13.2 Å². The second-order valence-corrected chi connectivity index (χ2v) is 7.35. The lowest BCUT2D eigenvalue weighted by Gasteiger charge is -2.20. The van der Waals surface area contributed by atoms with Crippen LogP contribution in [0.4, 0.5) is 0 Å². The molecule has 1 aromatic rings. The number of rotatable bonds is 2. The summed E-state index contributed by atoms with van der Waals surface area (Å²) in [6.07, 6.45) is 0.742. The van der Waals surface area contributed by atoms with E-state index in [9.17, 15) is 13.2 Å². The van der Waals surface area contributed by atoms with Gasteiger partial charge in [0, 0.05) is 18.4 Å². The Bertz CT molecular complexity index is 650. The monoisotopic (exact) mass is 296 g/mol. The number of ether oxygens (including phenoxy) is 2. The van der Waals surface area contributed by atoms with E-state index in [1.807, 2.05) is 0 Å². The maximum absolute atomic E-state index is 12.6. The van der Waals surface area contributed by atoms with Gasteiger partial charge in [-0.3, -0.25) is 4.79 Å². The first-order valence-corrected chi connectivity index (χ1v) is 8.21. The molecule has 2 aliphatic rings. The van der Waals surface area contributed by atoms with E-state index in [-0.39, 0.29) is 10.7 Å². The molecule has 1 aromatic carbocycles. The van der Waals surface area contributed by atoms with Crippen LogP contribution in [0.3, 0.4) is 0 Å². The zero-order valence-electron chi connectivity index (χ0n) is 11.2. The summed E-state index contributed by atoms with van der Waals surface area (Å²) in [5.41, 5.74) is 0. The summed E-state index contributed by atoms with van der Waals surface area (Å²) in [7, 11) is -3.51. The van der Waals surface area contributed by atoms with Gasteiger partial charge in [-0.25, -0.2) is 8.42 Å². The maximum atomic E-state index is 12.6. The van der Waals surface area contributed by atoms with Crippen molar-refractivity contribution in [3.63, 3.8) is 0 Å². The number of fused-ring (bicyclic) bond motifs is 1. The van der Waals surface area contributed by atoms with Gasteiger partial charge < -0.3 is 9.47 Å². The van der Waals surface area contributed by atoms with Crippen molar-refractivity contribution >= 4 is 15.6 Å². The molecule has 5 nitrogen and oxygen atoms in total. The van der Waals surface area contributed by atoms with Gasteiger partial charge in [-0.2, -0.15) is 0 Å². The number of carbonyl (C=O) groups is 1. The molecule has 1 saturated carbocycles. The smallest absolute Gasteiger partial charge is 0.182 e. The lowest BCUT2D eigenvalue weighted by Crippen LogP contribution is -2.26. The normalized spacial score (nSPS) is 25.8. The number of sulfone groups is 1. The van der Waals surface area contributed by atoms with Gasteiger partial charge in [-0.1, -0.05) is 6.92 Å². The van der Waals surface area contributed by atoms with Gasteiger partial charge in [-0.15, -0.1) is 0 Å². The highest BCUT2D eigenvalue weighted by Crippen LogP contribution is 2.37. The zero-order chi connectivity index (χ0) is 14.3. The second kappa shape index (κ2) is 4.77. The number of ketones is 1. The first-order chi connectivity index (χ1) is 9.50. The Morgan fingerprint density at radius 1 is 1.15 bits per heavy atom. The van der Waals surface area contributed by atoms with Crippen LogP contribution in [0.5, 0.6) is 11.5 Å². The number of carbonyl (C=O) groups excluding carboxylic acids is 1. The largest absolute Gasteiger partial charge is 0.486 e. The molecule has 1 aliphatic carbocycles. The van der Waals surface area contributed by atoms with E-state index in [2.05, 4.69) is 0 Å². The van der Waals surface area contributed by atoms with Crippen LogP contribution >= 0.6 is 0 Å². The lowest BCUT2D eigenvalue weighted by molar-refractivity contribution is -0.120. The molecule has 0 spiro atoms. The summed E-state index contributed by atoms with van der Waals surface area (Å²) in [5, 5.41) is -0.627. The van der Waals surface area contributed by atoms with Gasteiger partial charge in [0.2, 0.25) is 0 Å². The van der Waals surface area contributed by atoms with Crippen LogP contribution in [0.25, 0.3) is 0 Å².